The van der Waals surface area contributed by atoms with Gasteiger partial charge in [-0.05, 0) is 31.5 Å². The third kappa shape index (κ3) is 3.31. The zero-order valence-electron chi connectivity index (χ0n) is 13.1. The molecule has 0 spiro atoms. The van der Waals surface area contributed by atoms with Crippen LogP contribution in [0, 0.1) is 6.92 Å². The summed E-state index contributed by atoms with van der Waals surface area (Å²) in [6.45, 7) is 7.85. The molecule has 1 saturated heterocycles. The highest BCUT2D eigenvalue weighted by molar-refractivity contribution is 6.00. The number of hydrogen-bond acceptors (Lipinski definition) is 5. The lowest BCUT2D eigenvalue weighted by atomic mass is 10.1. The Hall–Kier alpha value is -1.85. The summed E-state index contributed by atoms with van der Waals surface area (Å²) in [6, 6.07) is 6.13. The number of benzene rings is 1. The summed E-state index contributed by atoms with van der Waals surface area (Å²) in [5.41, 5.74) is 8.12. The minimum atomic E-state index is 0.844. The van der Waals surface area contributed by atoms with Gasteiger partial charge in [-0.3, -0.25) is 4.90 Å². The van der Waals surface area contributed by atoms with Crippen molar-refractivity contribution in [1.29, 1.82) is 0 Å². The second-order valence-corrected chi connectivity index (χ2v) is 5.79. The summed E-state index contributed by atoms with van der Waals surface area (Å²) in [7, 11) is 0. The van der Waals surface area contributed by atoms with Crippen LogP contribution in [0.1, 0.15) is 12.0 Å². The van der Waals surface area contributed by atoms with E-state index < -0.39 is 0 Å². The van der Waals surface area contributed by atoms with Crippen LogP contribution in [0.3, 0.4) is 0 Å². The molecule has 0 amide bonds. The summed E-state index contributed by atoms with van der Waals surface area (Å²) >= 11 is 0. The second-order valence-electron chi connectivity index (χ2n) is 5.79. The number of fused-ring (bicyclic) bond motifs is 1. The number of aromatic nitrogens is 1. The van der Waals surface area contributed by atoms with Crippen molar-refractivity contribution in [2.24, 2.45) is 0 Å². The van der Waals surface area contributed by atoms with Crippen molar-refractivity contribution in [1.82, 2.24) is 9.88 Å². The Morgan fingerprint density at radius 3 is 2.86 bits per heavy atom. The Balaban J connectivity index is 1.60. The number of pyridine rings is 1. The Morgan fingerprint density at radius 2 is 2.05 bits per heavy atom. The van der Waals surface area contributed by atoms with E-state index in [4.69, 9.17) is 10.5 Å². The molecule has 118 valence electrons. The lowest BCUT2D eigenvalue weighted by molar-refractivity contribution is 0.0378. The van der Waals surface area contributed by atoms with Crippen LogP contribution in [0.5, 0.6) is 0 Å². The van der Waals surface area contributed by atoms with Gasteiger partial charge in [-0.15, -0.1) is 0 Å². The van der Waals surface area contributed by atoms with Crippen LogP contribution in [0.15, 0.2) is 24.4 Å². The van der Waals surface area contributed by atoms with Crippen LogP contribution in [0.2, 0.25) is 0 Å². The van der Waals surface area contributed by atoms with E-state index in [1.807, 2.05) is 19.2 Å². The molecule has 0 unspecified atom stereocenters. The third-order valence-corrected chi connectivity index (χ3v) is 4.25. The molecule has 0 saturated carbocycles. The van der Waals surface area contributed by atoms with Gasteiger partial charge in [0.15, 0.2) is 0 Å². The quantitative estimate of drug-likeness (QED) is 0.655. The normalized spacial score (nSPS) is 16.0. The van der Waals surface area contributed by atoms with Gasteiger partial charge in [-0.1, -0.05) is 12.1 Å². The van der Waals surface area contributed by atoms with E-state index in [1.165, 1.54) is 0 Å². The van der Waals surface area contributed by atoms with Crippen molar-refractivity contribution in [3.8, 4) is 0 Å². The fourth-order valence-electron chi connectivity index (χ4n) is 2.86. The van der Waals surface area contributed by atoms with Crippen LogP contribution in [0.25, 0.3) is 10.8 Å². The fraction of sp³-hybridized carbons (Fsp3) is 0.471. The smallest absolute Gasteiger partial charge is 0.133 e. The maximum Gasteiger partial charge on any atom is 0.133 e. The molecule has 5 nitrogen and oxygen atoms in total. The third-order valence-electron chi connectivity index (χ3n) is 4.25. The minimum absolute atomic E-state index is 0.844. The van der Waals surface area contributed by atoms with Crippen molar-refractivity contribution < 1.29 is 4.74 Å². The molecule has 0 bridgehead atoms. The molecule has 3 rings (SSSR count). The highest BCUT2D eigenvalue weighted by atomic mass is 16.5. The van der Waals surface area contributed by atoms with E-state index >= 15 is 0 Å². The molecule has 22 heavy (non-hydrogen) atoms. The number of nitrogens with one attached hydrogen (secondary N) is 1. The molecule has 1 aliphatic heterocycles. The predicted octanol–water partition coefficient (Wildman–Crippen LogP) is 2.26. The zero-order chi connectivity index (χ0) is 15.4. The van der Waals surface area contributed by atoms with E-state index in [2.05, 4.69) is 27.3 Å². The van der Waals surface area contributed by atoms with Gasteiger partial charge in [0.25, 0.3) is 0 Å². The summed E-state index contributed by atoms with van der Waals surface area (Å²) in [6.07, 6.45) is 2.92. The molecule has 0 aliphatic carbocycles. The molecule has 0 atom stereocenters. The number of nitrogens with zero attached hydrogens (tertiary/aromatic N) is 2. The standard InChI is InChI=1S/C17H24N4O/c1-13-3-4-15-14(16(13)18)5-7-20-17(15)19-6-2-8-21-9-11-22-12-10-21/h3-5,7H,2,6,8-12,18H2,1H3,(H,19,20). The van der Waals surface area contributed by atoms with Gasteiger partial charge < -0.3 is 15.8 Å². The Kier molecular flexibility index (Phi) is 4.75. The Labute approximate surface area is 131 Å². The predicted molar refractivity (Wildman–Crippen MR) is 91.3 cm³/mol. The van der Waals surface area contributed by atoms with Crippen molar-refractivity contribution in [3.63, 3.8) is 0 Å². The minimum Gasteiger partial charge on any atom is -0.398 e. The van der Waals surface area contributed by atoms with Gasteiger partial charge >= 0.3 is 0 Å². The van der Waals surface area contributed by atoms with E-state index in [-0.39, 0.29) is 0 Å². The van der Waals surface area contributed by atoms with Gasteiger partial charge in [0.2, 0.25) is 0 Å². The molecule has 2 aromatic rings. The zero-order valence-corrected chi connectivity index (χ0v) is 13.1. The van der Waals surface area contributed by atoms with Crippen LogP contribution in [-0.2, 0) is 4.74 Å². The number of rotatable bonds is 5. The largest absolute Gasteiger partial charge is 0.398 e. The number of ether oxygens (including phenoxy) is 1. The highest BCUT2D eigenvalue weighted by Crippen LogP contribution is 2.28. The van der Waals surface area contributed by atoms with Gasteiger partial charge in [-0.2, -0.15) is 0 Å². The van der Waals surface area contributed by atoms with Gasteiger partial charge in [0.1, 0.15) is 5.82 Å². The first kappa shape index (κ1) is 15.1. The molecule has 1 aliphatic rings. The van der Waals surface area contributed by atoms with Crippen molar-refractivity contribution in [2.75, 3.05) is 50.4 Å². The van der Waals surface area contributed by atoms with E-state index in [0.29, 0.717) is 0 Å². The van der Waals surface area contributed by atoms with Crippen LogP contribution < -0.4 is 11.1 Å². The maximum absolute atomic E-state index is 6.17. The van der Waals surface area contributed by atoms with Crippen LogP contribution >= 0.6 is 0 Å². The molecule has 1 aromatic heterocycles. The number of hydrogen-bond donors (Lipinski definition) is 2. The highest BCUT2D eigenvalue weighted by Gasteiger charge is 2.10. The number of morpholine rings is 1. The topological polar surface area (TPSA) is 63.4 Å². The molecule has 0 radical (unpaired) electrons. The first-order valence-corrected chi connectivity index (χ1v) is 7.93. The average Bonchev–Trinajstić information content (AvgIpc) is 2.56. The van der Waals surface area contributed by atoms with Gasteiger partial charge in [-0.25, -0.2) is 4.98 Å². The van der Waals surface area contributed by atoms with Gasteiger partial charge in [0, 0.05) is 42.3 Å². The summed E-state index contributed by atoms with van der Waals surface area (Å²) in [5.74, 6) is 0.922. The first-order chi connectivity index (χ1) is 10.8. The Bertz CT molecular complexity index is 638. The number of nitrogen functional groups attached to an aromatic ring is 1. The number of anilines is 2. The molecule has 5 heteroatoms. The van der Waals surface area contributed by atoms with Crippen LogP contribution in [-0.4, -0.2) is 49.3 Å². The first-order valence-electron chi connectivity index (χ1n) is 7.93. The van der Waals surface area contributed by atoms with E-state index in [9.17, 15) is 0 Å². The molecule has 1 aromatic carbocycles. The molecule has 1 fully saturated rings. The molecular weight excluding hydrogens is 276 g/mol. The second kappa shape index (κ2) is 6.94. The fourth-order valence-corrected chi connectivity index (χ4v) is 2.86. The average molecular weight is 300 g/mol. The molecular formula is C17H24N4O. The van der Waals surface area contributed by atoms with Crippen molar-refractivity contribution >= 4 is 22.3 Å². The molecule has 3 N–H and O–H groups in total. The summed E-state index contributed by atoms with van der Waals surface area (Å²) in [4.78, 5) is 6.91. The number of aryl methyl sites for hydroxylation is 1. The number of nitrogens with two attached hydrogens (primary N) is 1. The molecule has 2 heterocycles. The van der Waals surface area contributed by atoms with Crippen molar-refractivity contribution in [3.05, 3.63) is 30.0 Å². The SMILES string of the molecule is Cc1ccc2c(NCCCN3CCOCC3)nccc2c1N. The lowest BCUT2D eigenvalue weighted by Gasteiger charge is -2.26. The Morgan fingerprint density at radius 1 is 1.23 bits per heavy atom. The van der Waals surface area contributed by atoms with E-state index in [1.54, 1.807) is 0 Å². The summed E-state index contributed by atoms with van der Waals surface area (Å²) < 4.78 is 5.37. The maximum atomic E-state index is 6.17. The monoisotopic (exact) mass is 300 g/mol. The summed E-state index contributed by atoms with van der Waals surface area (Å²) in [5, 5.41) is 5.62. The van der Waals surface area contributed by atoms with E-state index in [0.717, 1.165) is 73.7 Å². The van der Waals surface area contributed by atoms with Crippen molar-refractivity contribution in [2.45, 2.75) is 13.3 Å². The lowest BCUT2D eigenvalue weighted by Crippen LogP contribution is -2.37. The van der Waals surface area contributed by atoms with Gasteiger partial charge in [0.05, 0.1) is 13.2 Å². The van der Waals surface area contributed by atoms with Crippen LogP contribution in [0.4, 0.5) is 11.5 Å².